The number of para-hydroxylation sites is 1. The number of benzene rings is 2. The number of amides is 2. The predicted molar refractivity (Wildman–Crippen MR) is 90.5 cm³/mol. The second kappa shape index (κ2) is 6.62. The smallest absolute Gasteiger partial charge is 0.267 e. The van der Waals surface area contributed by atoms with Gasteiger partial charge in [-0.25, -0.2) is 0 Å². The Morgan fingerprint density at radius 3 is 2.75 bits per heavy atom. The highest BCUT2D eigenvalue weighted by atomic mass is 16.5. The Morgan fingerprint density at radius 1 is 1.25 bits per heavy atom. The summed E-state index contributed by atoms with van der Waals surface area (Å²) < 4.78 is 11.0. The fourth-order valence-electron chi connectivity index (χ4n) is 2.45. The van der Waals surface area contributed by atoms with E-state index in [0.29, 0.717) is 22.9 Å². The third-order valence-corrected chi connectivity index (χ3v) is 3.70. The maximum absolute atomic E-state index is 12.0. The third-order valence-electron chi connectivity index (χ3n) is 3.70. The minimum Gasteiger partial charge on any atom is -0.484 e. The van der Waals surface area contributed by atoms with Gasteiger partial charge in [-0.05, 0) is 37.3 Å². The van der Waals surface area contributed by atoms with Gasteiger partial charge in [-0.1, -0.05) is 18.2 Å². The van der Waals surface area contributed by atoms with Crippen LogP contribution in [-0.2, 0) is 9.59 Å². The zero-order valence-corrected chi connectivity index (χ0v) is 13.5. The molecule has 1 unspecified atom stereocenters. The van der Waals surface area contributed by atoms with E-state index in [-0.39, 0.29) is 18.4 Å². The molecule has 0 fully saturated rings. The highest BCUT2D eigenvalue weighted by Gasteiger charge is 2.29. The zero-order chi connectivity index (χ0) is 17.1. The van der Waals surface area contributed by atoms with E-state index in [1.165, 1.54) is 4.90 Å². The molecule has 2 amide bonds. The van der Waals surface area contributed by atoms with Crippen molar-refractivity contribution in [1.82, 2.24) is 0 Å². The van der Waals surface area contributed by atoms with Gasteiger partial charge < -0.3 is 19.7 Å². The fraction of sp³-hybridized carbons (Fsp3) is 0.222. The molecule has 1 N–H and O–H groups in total. The Kier molecular flexibility index (Phi) is 4.37. The summed E-state index contributed by atoms with van der Waals surface area (Å²) in [5.74, 6) is 0.838. The molecule has 0 bridgehead atoms. The lowest BCUT2D eigenvalue weighted by Crippen LogP contribution is -2.42. The number of nitrogens with zero attached hydrogens (tertiary/aromatic N) is 1. The molecule has 0 spiro atoms. The van der Waals surface area contributed by atoms with Crippen molar-refractivity contribution in [2.45, 2.75) is 13.0 Å². The van der Waals surface area contributed by atoms with Crippen LogP contribution in [0.4, 0.5) is 11.4 Å². The van der Waals surface area contributed by atoms with Crippen molar-refractivity contribution in [2.24, 2.45) is 0 Å². The van der Waals surface area contributed by atoms with E-state index >= 15 is 0 Å². The molecule has 2 aromatic carbocycles. The molecule has 124 valence electrons. The summed E-state index contributed by atoms with van der Waals surface area (Å²) in [5.41, 5.74) is 1.20. The summed E-state index contributed by atoms with van der Waals surface area (Å²) in [5, 5.41) is 2.75. The number of likely N-dealkylation sites (N-methyl/N-ethyl adjacent to an activating group) is 1. The average molecular weight is 326 g/mol. The molecule has 6 heteroatoms. The largest absolute Gasteiger partial charge is 0.484 e. The predicted octanol–water partition coefficient (Wildman–Crippen LogP) is 2.45. The van der Waals surface area contributed by atoms with Crippen LogP contribution in [-0.4, -0.2) is 31.6 Å². The monoisotopic (exact) mass is 326 g/mol. The molecule has 1 aliphatic heterocycles. The average Bonchev–Trinajstić information content (AvgIpc) is 2.59. The summed E-state index contributed by atoms with van der Waals surface area (Å²) in [6.45, 7) is 1.61. The van der Waals surface area contributed by atoms with Crippen LogP contribution in [0.15, 0.2) is 48.5 Å². The van der Waals surface area contributed by atoms with Gasteiger partial charge >= 0.3 is 0 Å². The standard InChI is InChI=1S/C18H18N2O4/c1-12-18(22)20(2)15-10-13(8-9-16(15)24-12)19-17(21)11-23-14-6-4-3-5-7-14/h3-10,12H,11H2,1-2H3,(H,19,21). The van der Waals surface area contributed by atoms with Crippen LogP contribution >= 0.6 is 0 Å². The summed E-state index contributed by atoms with van der Waals surface area (Å²) in [4.78, 5) is 25.5. The number of rotatable bonds is 4. The van der Waals surface area contributed by atoms with Crippen molar-refractivity contribution >= 4 is 23.2 Å². The molecule has 1 atom stereocenters. The van der Waals surface area contributed by atoms with Gasteiger partial charge in [0.2, 0.25) is 0 Å². The molecule has 3 rings (SSSR count). The molecule has 1 aliphatic rings. The second-order valence-electron chi connectivity index (χ2n) is 5.49. The molecule has 2 aromatic rings. The van der Waals surface area contributed by atoms with E-state index in [1.807, 2.05) is 18.2 Å². The van der Waals surface area contributed by atoms with Gasteiger partial charge in [0, 0.05) is 12.7 Å². The maximum Gasteiger partial charge on any atom is 0.267 e. The topological polar surface area (TPSA) is 67.9 Å². The molecular weight excluding hydrogens is 308 g/mol. The third kappa shape index (κ3) is 3.32. The van der Waals surface area contributed by atoms with Gasteiger partial charge in [0.25, 0.3) is 11.8 Å². The van der Waals surface area contributed by atoms with E-state index < -0.39 is 6.10 Å². The first-order valence-corrected chi connectivity index (χ1v) is 7.60. The van der Waals surface area contributed by atoms with Gasteiger partial charge in [-0.15, -0.1) is 0 Å². The van der Waals surface area contributed by atoms with Crippen LogP contribution in [0, 0.1) is 0 Å². The normalized spacial score (nSPS) is 16.2. The quantitative estimate of drug-likeness (QED) is 0.937. The summed E-state index contributed by atoms with van der Waals surface area (Å²) >= 11 is 0. The van der Waals surface area contributed by atoms with E-state index in [1.54, 1.807) is 44.3 Å². The van der Waals surface area contributed by atoms with E-state index in [0.717, 1.165) is 0 Å². The first-order chi connectivity index (χ1) is 11.5. The number of ether oxygens (including phenoxy) is 2. The van der Waals surface area contributed by atoms with Gasteiger partial charge in [-0.2, -0.15) is 0 Å². The number of anilines is 2. The van der Waals surface area contributed by atoms with Crippen LogP contribution in [0.5, 0.6) is 11.5 Å². The summed E-state index contributed by atoms with van der Waals surface area (Å²) in [6.07, 6.45) is -0.512. The lowest BCUT2D eigenvalue weighted by Gasteiger charge is -2.30. The number of nitrogens with one attached hydrogen (secondary N) is 1. The molecule has 24 heavy (non-hydrogen) atoms. The van der Waals surface area contributed by atoms with E-state index in [4.69, 9.17) is 9.47 Å². The molecule has 0 saturated carbocycles. The molecule has 0 aromatic heterocycles. The van der Waals surface area contributed by atoms with Gasteiger partial charge in [0.05, 0.1) is 5.69 Å². The highest BCUT2D eigenvalue weighted by molar-refractivity contribution is 6.00. The Labute approximate surface area is 140 Å². The van der Waals surface area contributed by atoms with Gasteiger partial charge in [-0.3, -0.25) is 9.59 Å². The van der Waals surface area contributed by atoms with Crippen LogP contribution in [0.3, 0.4) is 0 Å². The van der Waals surface area contributed by atoms with Crippen molar-refractivity contribution in [1.29, 1.82) is 0 Å². The lowest BCUT2D eigenvalue weighted by atomic mass is 10.2. The molecule has 6 nitrogen and oxygen atoms in total. The first kappa shape index (κ1) is 15.9. The number of carbonyl (C=O) groups excluding carboxylic acids is 2. The SMILES string of the molecule is CC1Oc2ccc(NC(=O)COc3ccccc3)cc2N(C)C1=O. The van der Waals surface area contributed by atoms with Gasteiger partial charge in [0.1, 0.15) is 11.5 Å². The van der Waals surface area contributed by atoms with Gasteiger partial charge in [0.15, 0.2) is 12.7 Å². The van der Waals surface area contributed by atoms with Crippen molar-refractivity contribution in [3.8, 4) is 11.5 Å². The molecule has 0 aliphatic carbocycles. The van der Waals surface area contributed by atoms with Crippen LogP contribution < -0.4 is 19.7 Å². The number of fused-ring (bicyclic) bond motifs is 1. The van der Waals surface area contributed by atoms with Crippen LogP contribution in [0.2, 0.25) is 0 Å². The molecule has 1 heterocycles. The van der Waals surface area contributed by atoms with Crippen LogP contribution in [0.1, 0.15) is 6.92 Å². The highest BCUT2D eigenvalue weighted by Crippen LogP contribution is 2.35. The first-order valence-electron chi connectivity index (χ1n) is 7.60. The van der Waals surface area contributed by atoms with Crippen molar-refractivity contribution < 1.29 is 19.1 Å². The Bertz CT molecular complexity index is 761. The van der Waals surface area contributed by atoms with Crippen molar-refractivity contribution in [3.63, 3.8) is 0 Å². The van der Waals surface area contributed by atoms with E-state index in [9.17, 15) is 9.59 Å². The summed E-state index contributed by atoms with van der Waals surface area (Å²) in [7, 11) is 1.68. The number of hydrogen-bond donors (Lipinski definition) is 1. The maximum atomic E-state index is 12.0. The minimum absolute atomic E-state index is 0.0938. The number of carbonyl (C=O) groups is 2. The molecular formula is C18H18N2O4. The Balaban J connectivity index is 1.66. The zero-order valence-electron chi connectivity index (χ0n) is 13.5. The van der Waals surface area contributed by atoms with E-state index in [2.05, 4.69) is 5.32 Å². The Hall–Kier alpha value is -3.02. The minimum atomic E-state index is -0.512. The molecule has 0 saturated heterocycles. The van der Waals surface area contributed by atoms with Crippen molar-refractivity contribution in [3.05, 3.63) is 48.5 Å². The lowest BCUT2D eigenvalue weighted by molar-refractivity contribution is -0.125. The fourth-order valence-corrected chi connectivity index (χ4v) is 2.45. The second-order valence-corrected chi connectivity index (χ2v) is 5.49. The molecule has 0 radical (unpaired) electrons. The Morgan fingerprint density at radius 2 is 2.00 bits per heavy atom. The number of hydrogen-bond acceptors (Lipinski definition) is 4. The van der Waals surface area contributed by atoms with Crippen molar-refractivity contribution in [2.75, 3.05) is 23.9 Å². The van der Waals surface area contributed by atoms with Crippen LogP contribution in [0.25, 0.3) is 0 Å². The summed E-state index contributed by atoms with van der Waals surface area (Å²) in [6, 6.07) is 14.3.